The van der Waals surface area contributed by atoms with Gasteiger partial charge in [0.1, 0.15) is 0 Å². The number of benzene rings is 1. The molecule has 0 aliphatic carbocycles. The van der Waals surface area contributed by atoms with Crippen molar-refractivity contribution in [3.8, 4) is 0 Å². The Bertz CT molecular complexity index is 656. The third-order valence-electron chi connectivity index (χ3n) is 2.96. The third-order valence-corrected chi connectivity index (χ3v) is 3.21. The first-order valence-corrected chi connectivity index (χ1v) is 6.41. The van der Waals surface area contributed by atoms with Crippen LogP contribution in [0.3, 0.4) is 0 Å². The van der Waals surface area contributed by atoms with Gasteiger partial charge in [-0.1, -0.05) is 29.8 Å². The van der Waals surface area contributed by atoms with E-state index in [9.17, 15) is 0 Å². The summed E-state index contributed by atoms with van der Waals surface area (Å²) in [6.07, 6.45) is 1.96. The van der Waals surface area contributed by atoms with Crippen LogP contribution in [0.1, 0.15) is 31.8 Å². The molecule has 0 radical (unpaired) electrons. The van der Waals surface area contributed by atoms with Crippen molar-refractivity contribution < 1.29 is 8.22 Å². The molecule has 0 aliphatic rings. The monoisotopic (exact) mass is 280 g/mol. The van der Waals surface area contributed by atoms with Crippen molar-refractivity contribution >= 4 is 11.6 Å². The van der Waals surface area contributed by atoms with Crippen molar-refractivity contribution in [2.24, 2.45) is 0 Å². The van der Waals surface area contributed by atoms with E-state index in [-0.39, 0.29) is 12.5 Å². The molecule has 0 spiro atoms. The Labute approximate surface area is 128 Å². The number of nitrogens with zero attached hydrogens (tertiary/aromatic N) is 2. The molecule has 0 amide bonds. The number of rotatable bonds is 5. The summed E-state index contributed by atoms with van der Waals surface area (Å²) in [5.74, 6) is -0.231. The van der Waals surface area contributed by atoms with Crippen LogP contribution in [0.5, 0.6) is 0 Å². The van der Waals surface area contributed by atoms with Crippen molar-refractivity contribution in [1.82, 2.24) is 9.88 Å². The van der Waals surface area contributed by atoms with Crippen molar-refractivity contribution in [3.63, 3.8) is 0 Å². The lowest BCUT2D eigenvalue weighted by atomic mass is 9.92. The Balaban J connectivity index is 2.29. The Morgan fingerprint density at radius 2 is 2.00 bits per heavy atom. The maximum Gasteiger partial charge on any atom is 0.0478 e. The van der Waals surface area contributed by atoms with Gasteiger partial charge in [0.25, 0.3) is 0 Å². The van der Waals surface area contributed by atoms with E-state index in [1.165, 1.54) is 0 Å². The highest BCUT2D eigenvalue weighted by Gasteiger charge is 2.15. The zero-order chi connectivity index (χ0) is 18.7. The Hall–Kier alpha value is -1.38. The van der Waals surface area contributed by atoms with Crippen LogP contribution in [0, 0.1) is 0 Å². The molecule has 0 saturated carbocycles. The van der Waals surface area contributed by atoms with Gasteiger partial charge in [-0.3, -0.25) is 4.98 Å². The molecule has 19 heavy (non-hydrogen) atoms. The lowest BCUT2D eigenvalue weighted by Crippen LogP contribution is -2.17. The fourth-order valence-electron chi connectivity index (χ4n) is 2.02. The third kappa shape index (κ3) is 4.05. The van der Waals surface area contributed by atoms with Gasteiger partial charge in [0.05, 0.1) is 0 Å². The molecule has 0 saturated heterocycles. The molecule has 2 nitrogen and oxygen atoms in total. The molecule has 100 valence electrons. The minimum atomic E-state index is -2.69. The van der Waals surface area contributed by atoms with Gasteiger partial charge in [-0.2, -0.15) is 0 Å². The largest absolute Gasteiger partial charge is 0.309 e. The number of aromatic nitrogens is 1. The second-order valence-electron chi connectivity index (χ2n) is 4.30. The first-order chi connectivity index (χ1) is 11.6. The summed E-state index contributed by atoms with van der Waals surface area (Å²) >= 11 is 5.94. The Kier molecular flexibility index (Phi) is 2.83. The molecular weight excluding hydrogens is 256 g/mol. The lowest BCUT2D eigenvalue weighted by Gasteiger charge is -2.19. The average molecular weight is 281 g/mol. The second-order valence-corrected chi connectivity index (χ2v) is 4.74. The van der Waals surface area contributed by atoms with Crippen LogP contribution in [-0.2, 0) is 0 Å². The maximum absolute atomic E-state index is 7.49. The number of hydrogen-bond acceptors (Lipinski definition) is 2. The van der Waals surface area contributed by atoms with Crippen molar-refractivity contribution in [2.45, 2.75) is 12.3 Å². The highest BCUT2D eigenvalue weighted by molar-refractivity contribution is 6.30. The first-order valence-electron chi connectivity index (χ1n) is 9.03. The summed E-state index contributed by atoms with van der Waals surface area (Å²) in [6.45, 7) is -5.50. The summed E-state index contributed by atoms with van der Waals surface area (Å²) in [7, 11) is 0. The van der Waals surface area contributed by atoms with E-state index in [4.69, 9.17) is 19.8 Å². The van der Waals surface area contributed by atoms with E-state index >= 15 is 0 Å². The molecule has 3 heteroatoms. The summed E-state index contributed by atoms with van der Waals surface area (Å²) in [5, 5.41) is 0.593. The molecule has 0 aliphatic heterocycles. The molecule has 0 fully saturated rings. The van der Waals surface area contributed by atoms with Crippen LogP contribution in [-0.4, -0.2) is 30.4 Å². The van der Waals surface area contributed by atoms with Crippen molar-refractivity contribution in [1.29, 1.82) is 0 Å². The van der Waals surface area contributed by atoms with Gasteiger partial charge in [0.2, 0.25) is 0 Å². The summed E-state index contributed by atoms with van der Waals surface area (Å²) in [6, 6.07) is 12.7. The standard InChI is InChI=1S/C16H19ClN2/c1-19(2)12-10-15(16-5-3-4-11-18-16)13-6-8-14(17)9-7-13/h3-9,11,15H,10,12H2,1-2H3/t15-/m1/s1/i1D3,2D3. The molecule has 1 atom stereocenters. The molecule has 2 rings (SSSR count). The fourth-order valence-corrected chi connectivity index (χ4v) is 2.15. The van der Waals surface area contributed by atoms with E-state index in [1.807, 2.05) is 24.3 Å². The van der Waals surface area contributed by atoms with Crippen LogP contribution in [0.25, 0.3) is 0 Å². The number of pyridine rings is 1. The average Bonchev–Trinajstić information content (AvgIpc) is 2.51. The predicted molar refractivity (Wildman–Crippen MR) is 80.7 cm³/mol. The van der Waals surface area contributed by atoms with Gasteiger partial charge in [-0.25, -0.2) is 0 Å². The van der Waals surface area contributed by atoms with Gasteiger partial charge in [0.15, 0.2) is 0 Å². The van der Waals surface area contributed by atoms with Gasteiger partial charge in [0, 0.05) is 31.1 Å². The topological polar surface area (TPSA) is 16.1 Å². The summed E-state index contributed by atoms with van der Waals surface area (Å²) in [4.78, 5) is 4.92. The van der Waals surface area contributed by atoms with Gasteiger partial charge < -0.3 is 4.90 Å². The van der Waals surface area contributed by atoms with E-state index in [2.05, 4.69) is 4.98 Å². The normalized spacial score (nSPS) is 18.6. The Morgan fingerprint density at radius 3 is 2.63 bits per heavy atom. The predicted octanol–water partition coefficient (Wildman–Crippen LogP) is 3.82. The molecule has 0 N–H and O–H groups in total. The number of halogens is 1. The van der Waals surface area contributed by atoms with E-state index in [1.54, 1.807) is 24.4 Å². The highest BCUT2D eigenvalue weighted by atomic mass is 35.5. The maximum atomic E-state index is 7.49. The minimum absolute atomic E-state index is 0.114. The summed E-state index contributed by atoms with van der Waals surface area (Å²) < 4.78 is 45.0. The molecule has 1 aromatic carbocycles. The lowest BCUT2D eigenvalue weighted by molar-refractivity contribution is 0.389. The SMILES string of the molecule is [2H]C([2H])([2H])N(CC[C@H](c1ccc(Cl)cc1)c1ccccn1)C([2H])([2H])[2H]. The van der Waals surface area contributed by atoms with E-state index in [0.717, 1.165) is 11.3 Å². The first kappa shape index (κ1) is 8.03. The van der Waals surface area contributed by atoms with Crippen molar-refractivity contribution in [2.75, 3.05) is 20.5 Å². The van der Waals surface area contributed by atoms with Gasteiger partial charge in [-0.05, 0) is 56.7 Å². The smallest absolute Gasteiger partial charge is 0.0478 e. The van der Waals surface area contributed by atoms with Crippen LogP contribution in [0.4, 0.5) is 0 Å². The van der Waals surface area contributed by atoms with E-state index < -0.39 is 14.0 Å². The molecule has 0 unspecified atom stereocenters. The molecule has 2 aromatic rings. The zero-order valence-corrected chi connectivity index (χ0v) is 11.1. The van der Waals surface area contributed by atoms with Crippen LogP contribution in [0.15, 0.2) is 48.7 Å². The van der Waals surface area contributed by atoms with Gasteiger partial charge >= 0.3 is 0 Å². The second kappa shape index (κ2) is 6.69. The highest BCUT2D eigenvalue weighted by Crippen LogP contribution is 2.27. The zero-order valence-electron chi connectivity index (χ0n) is 16.4. The van der Waals surface area contributed by atoms with E-state index in [0.29, 0.717) is 16.3 Å². The van der Waals surface area contributed by atoms with Gasteiger partial charge in [-0.15, -0.1) is 0 Å². The molecule has 0 bridgehead atoms. The minimum Gasteiger partial charge on any atom is -0.309 e. The summed E-state index contributed by atoms with van der Waals surface area (Å²) in [5.41, 5.74) is 1.65. The molecular formula is C16H19ClN2. The fraction of sp³-hybridized carbons (Fsp3) is 0.312. The van der Waals surface area contributed by atoms with Crippen LogP contribution < -0.4 is 0 Å². The van der Waals surface area contributed by atoms with Crippen LogP contribution in [0.2, 0.25) is 5.02 Å². The molecule has 1 heterocycles. The Morgan fingerprint density at radius 1 is 1.21 bits per heavy atom. The number of hydrogen-bond donors (Lipinski definition) is 0. The quantitative estimate of drug-likeness (QED) is 0.828. The van der Waals surface area contributed by atoms with Crippen molar-refractivity contribution in [3.05, 3.63) is 64.9 Å². The van der Waals surface area contributed by atoms with Crippen LogP contribution >= 0.6 is 11.6 Å². The molecule has 1 aromatic heterocycles.